The molecule has 1 aliphatic heterocycles. The number of allylic oxidation sites excluding steroid dienone is 1. The second-order valence-electron chi connectivity index (χ2n) is 9.52. The Hall–Kier alpha value is -3.37. The van der Waals surface area contributed by atoms with Crippen LogP contribution in [0.5, 0.6) is 11.5 Å². The molecule has 5 rings (SSSR count). The van der Waals surface area contributed by atoms with Crippen molar-refractivity contribution in [2.75, 3.05) is 13.2 Å². The van der Waals surface area contributed by atoms with Crippen molar-refractivity contribution in [2.45, 2.75) is 33.4 Å². The second kappa shape index (κ2) is 13.5. The van der Waals surface area contributed by atoms with Crippen molar-refractivity contribution in [3.8, 4) is 11.5 Å². The summed E-state index contributed by atoms with van der Waals surface area (Å²) in [5.41, 5.74) is 2.89. The molecule has 4 aromatic rings. The molecule has 11 heteroatoms. The van der Waals surface area contributed by atoms with Gasteiger partial charge in [0.1, 0.15) is 6.61 Å². The summed E-state index contributed by atoms with van der Waals surface area (Å²) >= 11 is 17.0. The van der Waals surface area contributed by atoms with Gasteiger partial charge in [0.05, 0.1) is 35.1 Å². The number of halogens is 3. The first-order valence-electron chi connectivity index (χ1n) is 13.5. The highest BCUT2D eigenvalue weighted by atomic mass is 79.9. The van der Waals surface area contributed by atoms with Gasteiger partial charge in [0.2, 0.25) is 0 Å². The third kappa shape index (κ3) is 6.75. The molecule has 0 fully saturated rings. The molecule has 0 unspecified atom stereocenters. The first kappa shape index (κ1) is 31.1. The van der Waals surface area contributed by atoms with Crippen LogP contribution in [0.1, 0.15) is 43.5 Å². The van der Waals surface area contributed by atoms with Crippen molar-refractivity contribution in [2.24, 2.45) is 4.99 Å². The minimum atomic E-state index is -0.681. The first-order valence-corrected chi connectivity index (χ1v) is 15.8. The van der Waals surface area contributed by atoms with E-state index in [9.17, 15) is 9.59 Å². The molecular formula is C32H27BrCl2N2O5S. The Bertz CT molecular complexity index is 1900. The van der Waals surface area contributed by atoms with Gasteiger partial charge in [-0.2, -0.15) is 0 Å². The number of thiazole rings is 1. The Morgan fingerprint density at radius 3 is 2.49 bits per heavy atom. The van der Waals surface area contributed by atoms with E-state index in [0.717, 1.165) is 21.2 Å². The van der Waals surface area contributed by atoms with Crippen molar-refractivity contribution >= 4 is 62.5 Å². The molecule has 0 N–H and O–H groups in total. The molecule has 0 saturated carbocycles. The molecule has 1 aliphatic rings. The molecule has 222 valence electrons. The normalized spacial score (nSPS) is 14.7. The quantitative estimate of drug-likeness (QED) is 0.179. The molecule has 0 amide bonds. The van der Waals surface area contributed by atoms with Crippen LogP contribution in [0.3, 0.4) is 0 Å². The number of hydrogen-bond donors (Lipinski definition) is 0. The average molecular weight is 702 g/mol. The predicted molar refractivity (Wildman–Crippen MR) is 173 cm³/mol. The van der Waals surface area contributed by atoms with Crippen LogP contribution in [0.2, 0.25) is 10.0 Å². The summed E-state index contributed by atoms with van der Waals surface area (Å²) in [5, 5.41) is 1.06. The van der Waals surface area contributed by atoms with E-state index in [4.69, 9.17) is 37.4 Å². The fourth-order valence-corrected chi connectivity index (χ4v) is 6.47. The van der Waals surface area contributed by atoms with Crippen LogP contribution < -0.4 is 24.4 Å². The molecule has 0 spiro atoms. The zero-order chi connectivity index (χ0) is 30.7. The second-order valence-corrected chi connectivity index (χ2v) is 12.3. The zero-order valence-corrected chi connectivity index (χ0v) is 27.4. The van der Waals surface area contributed by atoms with Crippen molar-refractivity contribution < 1.29 is 19.0 Å². The number of nitrogens with zero attached hydrogens (tertiary/aromatic N) is 2. The van der Waals surface area contributed by atoms with Crippen LogP contribution in [-0.2, 0) is 16.1 Å². The van der Waals surface area contributed by atoms with E-state index in [1.807, 2.05) is 49.4 Å². The number of esters is 1. The largest absolute Gasteiger partial charge is 0.490 e. The predicted octanol–water partition coefficient (Wildman–Crippen LogP) is 6.85. The molecule has 2 heterocycles. The lowest BCUT2D eigenvalue weighted by Crippen LogP contribution is -2.39. The van der Waals surface area contributed by atoms with E-state index in [0.29, 0.717) is 48.8 Å². The van der Waals surface area contributed by atoms with Gasteiger partial charge >= 0.3 is 5.97 Å². The Balaban J connectivity index is 1.54. The Morgan fingerprint density at radius 2 is 1.79 bits per heavy atom. The van der Waals surface area contributed by atoms with Gasteiger partial charge in [-0.1, -0.05) is 74.7 Å². The molecule has 0 bridgehead atoms. The van der Waals surface area contributed by atoms with Gasteiger partial charge in [0.25, 0.3) is 5.56 Å². The summed E-state index contributed by atoms with van der Waals surface area (Å²) in [6.45, 7) is 6.26. The molecule has 7 nitrogen and oxygen atoms in total. The van der Waals surface area contributed by atoms with Gasteiger partial charge in [-0.05, 0) is 74.4 Å². The molecule has 0 aliphatic carbocycles. The number of carbonyl (C=O) groups is 1. The van der Waals surface area contributed by atoms with Crippen LogP contribution in [0, 0.1) is 0 Å². The average Bonchev–Trinajstić information content (AvgIpc) is 3.27. The number of carbonyl (C=O) groups excluding carboxylic acids is 1. The number of aromatic nitrogens is 1. The highest BCUT2D eigenvalue weighted by Crippen LogP contribution is 2.33. The van der Waals surface area contributed by atoms with Crippen LogP contribution in [-0.4, -0.2) is 23.8 Å². The van der Waals surface area contributed by atoms with Crippen molar-refractivity contribution in [1.82, 2.24) is 4.57 Å². The lowest BCUT2D eigenvalue weighted by Gasteiger charge is -2.24. The number of benzene rings is 3. The topological polar surface area (TPSA) is 79.1 Å². The third-order valence-electron chi connectivity index (χ3n) is 6.67. The molecular weight excluding hydrogens is 675 g/mol. The van der Waals surface area contributed by atoms with Crippen LogP contribution in [0.15, 0.2) is 86.2 Å². The first-order chi connectivity index (χ1) is 20.7. The smallest absolute Gasteiger partial charge is 0.338 e. The lowest BCUT2D eigenvalue weighted by molar-refractivity contribution is -0.139. The maximum absolute atomic E-state index is 13.9. The van der Waals surface area contributed by atoms with E-state index in [1.165, 1.54) is 11.3 Å². The van der Waals surface area contributed by atoms with Crippen LogP contribution in [0.4, 0.5) is 0 Å². The summed E-state index contributed by atoms with van der Waals surface area (Å²) in [4.78, 5) is 32.1. The summed E-state index contributed by atoms with van der Waals surface area (Å²) in [6, 6.07) is 17.5. The van der Waals surface area contributed by atoms with E-state index in [-0.39, 0.29) is 18.8 Å². The molecule has 1 atom stereocenters. The van der Waals surface area contributed by atoms with Crippen LogP contribution in [0.25, 0.3) is 6.08 Å². The van der Waals surface area contributed by atoms with Gasteiger partial charge in [-0.25, -0.2) is 9.79 Å². The number of ether oxygens (including phenoxy) is 3. The molecule has 3 aromatic carbocycles. The van der Waals surface area contributed by atoms with Gasteiger partial charge in [-0.3, -0.25) is 9.36 Å². The minimum Gasteiger partial charge on any atom is -0.490 e. The zero-order valence-electron chi connectivity index (χ0n) is 23.5. The minimum absolute atomic E-state index is 0.210. The van der Waals surface area contributed by atoms with E-state index in [1.54, 1.807) is 42.7 Å². The van der Waals surface area contributed by atoms with Gasteiger partial charge in [0.15, 0.2) is 16.3 Å². The molecule has 0 saturated heterocycles. The molecule has 1 aromatic heterocycles. The summed E-state index contributed by atoms with van der Waals surface area (Å²) in [7, 11) is 0. The molecule has 0 radical (unpaired) electrons. The third-order valence-corrected chi connectivity index (χ3v) is 8.76. The SMILES string of the molecule is CCOC(=O)C1=C(C)N=c2s/c(=C\c3ccc(OCc4ccc(Cl)cc4Cl)c(OCC)c3)c(=O)n2[C@@H]1c1ccc(Br)cc1. The Kier molecular flexibility index (Phi) is 9.76. The van der Waals surface area contributed by atoms with E-state index in [2.05, 4.69) is 20.9 Å². The Morgan fingerprint density at radius 1 is 1.02 bits per heavy atom. The number of fused-ring (bicyclic) bond motifs is 1. The van der Waals surface area contributed by atoms with E-state index < -0.39 is 12.0 Å². The van der Waals surface area contributed by atoms with Gasteiger partial charge in [-0.15, -0.1) is 0 Å². The fraction of sp³-hybridized carbons (Fsp3) is 0.219. The highest BCUT2D eigenvalue weighted by molar-refractivity contribution is 9.10. The van der Waals surface area contributed by atoms with Crippen molar-refractivity contribution in [3.63, 3.8) is 0 Å². The monoisotopic (exact) mass is 700 g/mol. The van der Waals surface area contributed by atoms with Crippen molar-refractivity contribution in [3.05, 3.63) is 123 Å². The standard InChI is InChI=1S/C32H27BrCl2N2O5S/c1-4-40-26-14-19(6-13-25(26)42-17-21-9-12-23(34)16-24(21)35)15-27-30(38)37-29(20-7-10-22(33)11-8-20)28(31(39)41-5-2)18(3)36-32(37)43-27/h6-16,29H,4-5,17H2,1-3H3/b27-15-/t29-/m1/s1. The maximum Gasteiger partial charge on any atom is 0.338 e. The number of hydrogen-bond acceptors (Lipinski definition) is 7. The van der Waals surface area contributed by atoms with Gasteiger partial charge < -0.3 is 14.2 Å². The summed E-state index contributed by atoms with van der Waals surface area (Å²) in [5.74, 6) is 0.571. The fourth-order valence-electron chi connectivity index (χ4n) is 4.70. The lowest BCUT2D eigenvalue weighted by atomic mass is 9.96. The van der Waals surface area contributed by atoms with E-state index >= 15 is 0 Å². The summed E-state index contributed by atoms with van der Waals surface area (Å²) < 4.78 is 20.2. The highest BCUT2D eigenvalue weighted by Gasteiger charge is 2.33. The van der Waals surface area contributed by atoms with Crippen molar-refractivity contribution in [1.29, 1.82) is 0 Å². The maximum atomic E-state index is 13.9. The van der Waals surface area contributed by atoms with Crippen LogP contribution >= 0.6 is 50.5 Å². The number of rotatable bonds is 9. The molecule has 43 heavy (non-hydrogen) atoms. The Labute approximate surface area is 270 Å². The van der Waals surface area contributed by atoms with Gasteiger partial charge in [0, 0.05) is 20.1 Å². The summed E-state index contributed by atoms with van der Waals surface area (Å²) in [6.07, 6.45) is 1.79.